The van der Waals surface area contributed by atoms with Crippen molar-refractivity contribution in [2.45, 2.75) is 46.1 Å². The first-order valence-corrected chi connectivity index (χ1v) is 5.85. The van der Waals surface area contributed by atoms with Crippen LogP contribution in [0.5, 0.6) is 0 Å². The van der Waals surface area contributed by atoms with Crippen LogP contribution in [-0.4, -0.2) is 17.3 Å². The summed E-state index contributed by atoms with van der Waals surface area (Å²) in [6.45, 7) is 10.6. The average molecular weight is 221 g/mol. The number of hydrogen-bond donors (Lipinski definition) is 2. The van der Waals surface area contributed by atoms with Crippen molar-refractivity contribution in [3.63, 3.8) is 0 Å². The highest BCUT2D eigenvalue weighted by atomic mass is 16.3. The van der Waals surface area contributed by atoms with Gasteiger partial charge in [0.25, 0.3) is 0 Å². The molecule has 0 bridgehead atoms. The van der Waals surface area contributed by atoms with E-state index in [0.29, 0.717) is 5.92 Å². The highest BCUT2D eigenvalue weighted by Gasteiger charge is 2.16. The zero-order chi connectivity index (χ0) is 12.3. The molecule has 0 unspecified atom stereocenters. The smallest absolute Gasteiger partial charge is 0.0656 e. The van der Waals surface area contributed by atoms with E-state index in [1.54, 1.807) is 0 Å². The standard InChI is InChI=1S/C14H23NO/c1-10(2)12-7-6-11(3)13(8-12)15-14(4,5)9-16/h6-8,10,15-16H,9H2,1-5H3. The van der Waals surface area contributed by atoms with Crippen molar-refractivity contribution in [1.82, 2.24) is 0 Å². The molecular formula is C14H23NO. The van der Waals surface area contributed by atoms with Gasteiger partial charge in [0, 0.05) is 5.69 Å². The minimum absolute atomic E-state index is 0.123. The second-order valence-corrected chi connectivity index (χ2v) is 5.40. The topological polar surface area (TPSA) is 32.3 Å². The summed E-state index contributed by atoms with van der Waals surface area (Å²) in [5.74, 6) is 0.526. The van der Waals surface area contributed by atoms with E-state index >= 15 is 0 Å². The Balaban J connectivity index is 2.99. The molecule has 0 saturated heterocycles. The number of rotatable bonds is 4. The molecule has 0 saturated carbocycles. The summed E-state index contributed by atoms with van der Waals surface area (Å²) in [6, 6.07) is 6.47. The molecule has 0 aliphatic heterocycles. The van der Waals surface area contributed by atoms with E-state index in [1.165, 1.54) is 11.1 Å². The molecule has 0 fully saturated rings. The SMILES string of the molecule is Cc1ccc(C(C)C)cc1NC(C)(C)CO. The molecule has 0 atom stereocenters. The summed E-state index contributed by atoms with van der Waals surface area (Å²) in [4.78, 5) is 0. The van der Waals surface area contributed by atoms with E-state index in [9.17, 15) is 5.11 Å². The first kappa shape index (κ1) is 13.0. The fourth-order valence-electron chi connectivity index (χ4n) is 1.54. The van der Waals surface area contributed by atoms with Crippen molar-refractivity contribution in [2.24, 2.45) is 0 Å². The summed E-state index contributed by atoms with van der Waals surface area (Å²) >= 11 is 0. The highest BCUT2D eigenvalue weighted by molar-refractivity contribution is 5.54. The number of hydrogen-bond acceptors (Lipinski definition) is 2. The number of aliphatic hydroxyl groups excluding tert-OH is 1. The molecule has 16 heavy (non-hydrogen) atoms. The number of anilines is 1. The minimum atomic E-state index is -0.277. The van der Waals surface area contributed by atoms with Gasteiger partial charge in [0.05, 0.1) is 12.1 Å². The summed E-state index contributed by atoms with van der Waals surface area (Å²) in [6.07, 6.45) is 0. The van der Waals surface area contributed by atoms with Crippen LogP contribution in [0.1, 0.15) is 44.7 Å². The maximum Gasteiger partial charge on any atom is 0.0656 e. The Morgan fingerprint density at radius 3 is 2.44 bits per heavy atom. The molecule has 0 aliphatic rings. The summed E-state index contributed by atoms with van der Waals surface area (Å²) in [7, 11) is 0. The van der Waals surface area contributed by atoms with Crippen molar-refractivity contribution >= 4 is 5.69 Å². The second kappa shape index (κ2) is 4.88. The molecule has 0 spiro atoms. The predicted molar refractivity (Wildman–Crippen MR) is 70.1 cm³/mol. The highest BCUT2D eigenvalue weighted by Crippen LogP contribution is 2.24. The third kappa shape index (κ3) is 3.24. The first-order valence-electron chi connectivity index (χ1n) is 5.85. The zero-order valence-corrected chi connectivity index (χ0v) is 11.0. The van der Waals surface area contributed by atoms with Gasteiger partial charge in [-0.25, -0.2) is 0 Å². The van der Waals surface area contributed by atoms with Crippen molar-refractivity contribution in [2.75, 3.05) is 11.9 Å². The van der Waals surface area contributed by atoms with Gasteiger partial charge in [-0.3, -0.25) is 0 Å². The van der Waals surface area contributed by atoms with Crippen molar-refractivity contribution in [3.05, 3.63) is 29.3 Å². The van der Waals surface area contributed by atoms with Crippen LogP contribution in [0.3, 0.4) is 0 Å². The summed E-state index contributed by atoms with van der Waals surface area (Å²) in [5.41, 5.74) is 3.37. The Labute approximate surface area is 98.7 Å². The average Bonchev–Trinajstić information content (AvgIpc) is 2.21. The molecule has 0 heterocycles. The van der Waals surface area contributed by atoms with Gasteiger partial charge in [-0.1, -0.05) is 26.0 Å². The van der Waals surface area contributed by atoms with Crippen LogP contribution in [-0.2, 0) is 0 Å². The maximum absolute atomic E-state index is 9.26. The molecule has 2 nitrogen and oxygen atoms in total. The molecule has 1 rings (SSSR count). The molecule has 1 aromatic carbocycles. The Morgan fingerprint density at radius 2 is 1.94 bits per heavy atom. The number of benzene rings is 1. The van der Waals surface area contributed by atoms with E-state index in [0.717, 1.165) is 5.69 Å². The van der Waals surface area contributed by atoms with Crippen LogP contribution in [0.15, 0.2) is 18.2 Å². The molecule has 0 amide bonds. The Kier molecular flexibility index (Phi) is 3.98. The lowest BCUT2D eigenvalue weighted by atomic mass is 9.99. The molecular weight excluding hydrogens is 198 g/mol. The molecule has 2 N–H and O–H groups in total. The normalized spacial score (nSPS) is 11.9. The van der Waals surface area contributed by atoms with Gasteiger partial charge >= 0.3 is 0 Å². The Bertz CT molecular complexity index is 356. The summed E-state index contributed by atoms with van der Waals surface area (Å²) in [5, 5.41) is 12.6. The zero-order valence-electron chi connectivity index (χ0n) is 11.0. The lowest BCUT2D eigenvalue weighted by Gasteiger charge is -2.26. The first-order chi connectivity index (χ1) is 7.35. The van der Waals surface area contributed by atoms with E-state index in [4.69, 9.17) is 0 Å². The third-order valence-corrected chi connectivity index (χ3v) is 2.80. The van der Waals surface area contributed by atoms with Crippen LogP contribution in [0.4, 0.5) is 5.69 Å². The summed E-state index contributed by atoms with van der Waals surface area (Å²) < 4.78 is 0. The molecule has 90 valence electrons. The van der Waals surface area contributed by atoms with Crippen LogP contribution in [0.25, 0.3) is 0 Å². The predicted octanol–water partition coefficient (Wildman–Crippen LogP) is 3.30. The molecule has 1 aromatic rings. The monoisotopic (exact) mass is 221 g/mol. The lowest BCUT2D eigenvalue weighted by Crippen LogP contribution is -2.35. The fourth-order valence-corrected chi connectivity index (χ4v) is 1.54. The van der Waals surface area contributed by atoms with Gasteiger partial charge in [-0.05, 0) is 43.9 Å². The molecule has 0 aliphatic carbocycles. The van der Waals surface area contributed by atoms with Gasteiger partial charge in [-0.15, -0.1) is 0 Å². The van der Waals surface area contributed by atoms with E-state index in [-0.39, 0.29) is 12.1 Å². The fraction of sp³-hybridized carbons (Fsp3) is 0.571. The van der Waals surface area contributed by atoms with Gasteiger partial charge in [0.15, 0.2) is 0 Å². The quantitative estimate of drug-likeness (QED) is 0.817. The Morgan fingerprint density at radius 1 is 1.31 bits per heavy atom. The van der Waals surface area contributed by atoms with Gasteiger partial charge in [0.1, 0.15) is 0 Å². The van der Waals surface area contributed by atoms with Gasteiger partial charge in [-0.2, -0.15) is 0 Å². The molecule has 2 heteroatoms. The second-order valence-electron chi connectivity index (χ2n) is 5.40. The number of aryl methyl sites for hydroxylation is 1. The minimum Gasteiger partial charge on any atom is -0.394 e. The largest absolute Gasteiger partial charge is 0.394 e. The lowest BCUT2D eigenvalue weighted by molar-refractivity contribution is 0.234. The maximum atomic E-state index is 9.26. The molecule has 0 aromatic heterocycles. The number of aliphatic hydroxyl groups is 1. The Hall–Kier alpha value is -1.02. The van der Waals surface area contributed by atoms with E-state index < -0.39 is 0 Å². The number of nitrogens with one attached hydrogen (secondary N) is 1. The van der Waals surface area contributed by atoms with Crippen LogP contribution < -0.4 is 5.32 Å². The van der Waals surface area contributed by atoms with Crippen molar-refractivity contribution in [1.29, 1.82) is 0 Å². The van der Waals surface area contributed by atoms with Crippen LogP contribution >= 0.6 is 0 Å². The van der Waals surface area contributed by atoms with Crippen LogP contribution in [0, 0.1) is 6.92 Å². The van der Waals surface area contributed by atoms with Crippen molar-refractivity contribution < 1.29 is 5.11 Å². The third-order valence-electron chi connectivity index (χ3n) is 2.80. The van der Waals surface area contributed by atoms with E-state index in [2.05, 4.69) is 44.3 Å². The van der Waals surface area contributed by atoms with E-state index in [1.807, 2.05) is 13.8 Å². The van der Waals surface area contributed by atoms with Gasteiger partial charge in [0.2, 0.25) is 0 Å². The molecule has 0 radical (unpaired) electrons. The van der Waals surface area contributed by atoms with Gasteiger partial charge < -0.3 is 10.4 Å². The van der Waals surface area contributed by atoms with Crippen LogP contribution in [0.2, 0.25) is 0 Å². The van der Waals surface area contributed by atoms with Crippen molar-refractivity contribution in [3.8, 4) is 0 Å².